The van der Waals surface area contributed by atoms with E-state index < -0.39 is 5.82 Å². The Labute approximate surface area is 180 Å². The van der Waals surface area contributed by atoms with Crippen molar-refractivity contribution in [1.82, 2.24) is 9.97 Å². The number of nitrogen functional groups attached to an aromatic ring is 1. The van der Waals surface area contributed by atoms with E-state index in [0.717, 1.165) is 26.2 Å². The molecule has 6 nitrogen and oxygen atoms in total. The van der Waals surface area contributed by atoms with Crippen LogP contribution in [0, 0.1) is 19.7 Å². The van der Waals surface area contributed by atoms with Crippen LogP contribution in [0.25, 0.3) is 0 Å². The number of nitrogens with one attached hydrogen (secondary N) is 1. The fourth-order valence-electron chi connectivity index (χ4n) is 3.69. The Bertz CT molecular complexity index is 1070. The van der Waals surface area contributed by atoms with Crippen molar-refractivity contribution in [2.75, 3.05) is 47.0 Å². The van der Waals surface area contributed by atoms with E-state index in [-0.39, 0.29) is 5.02 Å². The van der Waals surface area contributed by atoms with E-state index in [0.29, 0.717) is 23.0 Å². The van der Waals surface area contributed by atoms with Gasteiger partial charge in [-0.1, -0.05) is 23.7 Å². The van der Waals surface area contributed by atoms with Crippen LogP contribution >= 0.6 is 11.6 Å². The predicted octanol–water partition coefficient (Wildman–Crippen LogP) is 4.54. The predicted molar refractivity (Wildman–Crippen MR) is 121 cm³/mol. The molecule has 0 saturated carbocycles. The molecule has 0 spiro atoms. The van der Waals surface area contributed by atoms with Gasteiger partial charge < -0.3 is 20.9 Å². The standard InChI is InChI=1S/C22H24ClFN6/c1-14-4-3-5-19(15(14)2)29-8-10-30(11-9-29)22-20(25)21(26-13-27-22)28-16-6-7-18(24)17(23)12-16/h3-7,12-13H,8-11,25H2,1-2H3,(H,26,27,28). The van der Waals surface area contributed by atoms with Crippen molar-refractivity contribution < 1.29 is 4.39 Å². The van der Waals surface area contributed by atoms with E-state index >= 15 is 0 Å². The van der Waals surface area contributed by atoms with Crippen molar-refractivity contribution >= 4 is 40.3 Å². The molecule has 1 aliphatic heterocycles. The summed E-state index contributed by atoms with van der Waals surface area (Å²) in [5.41, 5.74) is 11.3. The third kappa shape index (κ3) is 3.98. The number of aromatic nitrogens is 2. The van der Waals surface area contributed by atoms with Crippen LogP contribution in [-0.4, -0.2) is 36.1 Å². The van der Waals surface area contributed by atoms with Crippen LogP contribution < -0.4 is 20.9 Å². The number of anilines is 5. The Morgan fingerprint density at radius 3 is 2.50 bits per heavy atom. The summed E-state index contributed by atoms with van der Waals surface area (Å²) >= 11 is 5.87. The largest absolute Gasteiger partial charge is 0.393 e. The maximum absolute atomic E-state index is 13.4. The Morgan fingerprint density at radius 1 is 1.03 bits per heavy atom. The Kier molecular flexibility index (Phi) is 5.63. The molecule has 1 aromatic heterocycles. The molecule has 2 aromatic carbocycles. The van der Waals surface area contributed by atoms with E-state index in [1.54, 1.807) is 6.07 Å². The molecule has 8 heteroatoms. The third-order valence-electron chi connectivity index (χ3n) is 5.54. The monoisotopic (exact) mass is 426 g/mol. The van der Waals surface area contributed by atoms with E-state index in [2.05, 4.69) is 57.1 Å². The van der Waals surface area contributed by atoms with Crippen LogP contribution in [0.1, 0.15) is 11.1 Å². The van der Waals surface area contributed by atoms with Gasteiger partial charge in [0, 0.05) is 37.6 Å². The van der Waals surface area contributed by atoms with Gasteiger partial charge in [0.1, 0.15) is 17.8 Å². The fraction of sp³-hybridized carbons (Fsp3) is 0.273. The molecule has 1 aliphatic rings. The number of nitrogens with two attached hydrogens (primary N) is 1. The highest BCUT2D eigenvalue weighted by atomic mass is 35.5. The number of hydrogen-bond acceptors (Lipinski definition) is 6. The highest BCUT2D eigenvalue weighted by molar-refractivity contribution is 6.31. The number of halogens is 2. The van der Waals surface area contributed by atoms with Crippen LogP contribution in [0.15, 0.2) is 42.7 Å². The number of nitrogens with zero attached hydrogens (tertiary/aromatic N) is 4. The minimum atomic E-state index is -0.472. The fourth-order valence-corrected chi connectivity index (χ4v) is 3.87. The summed E-state index contributed by atoms with van der Waals surface area (Å²) in [5, 5.41) is 3.14. The summed E-state index contributed by atoms with van der Waals surface area (Å²) in [6.07, 6.45) is 1.48. The molecule has 0 atom stereocenters. The van der Waals surface area contributed by atoms with Gasteiger partial charge >= 0.3 is 0 Å². The Balaban J connectivity index is 1.49. The minimum absolute atomic E-state index is 0.0374. The van der Waals surface area contributed by atoms with E-state index in [1.807, 2.05) is 0 Å². The first-order valence-electron chi connectivity index (χ1n) is 9.82. The van der Waals surface area contributed by atoms with E-state index in [9.17, 15) is 4.39 Å². The lowest BCUT2D eigenvalue weighted by molar-refractivity contribution is 0.628. The average molecular weight is 427 g/mol. The lowest BCUT2D eigenvalue weighted by Gasteiger charge is -2.38. The summed E-state index contributed by atoms with van der Waals surface area (Å²) in [6.45, 7) is 7.67. The third-order valence-corrected chi connectivity index (χ3v) is 5.83. The summed E-state index contributed by atoms with van der Waals surface area (Å²) < 4.78 is 13.4. The van der Waals surface area contributed by atoms with Crippen LogP contribution in [0.5, 0.6) is 0 Å². The molecule has 1 fully saturated rings. The van der Waals surface area contributed by atoms with Gasteiger partial charge in [-0.05, 0) is 49.2 Å². The van der Waals surface area contributed by atoms with Gasteiger partial charge in [-0.15, -0.1) is 0 Å². The number of rotatable bonds is 4. The number of hydrogen-bond donors (Lipinski definition) is 2. The minimum Gasteiger partial charge on any atom is -0.393 e. The van der Waals surface area contributed by atoms with Crippen LogP contribution in [-0.2, 0) is 0 Å². The van der Waals surface area contributed by atoms with Crippen molar-refractivity contribution in [3.63, 3.8) is 0 Å². The second-order valence-electron chi connectivity index (χ2n) is 7.41. The zero-order valence-electron chi connectivity index (χ0n) is 17.0. The van der Waals surface area contributed by atoms with Crippen molar-refractivity contribution in [2.24, 2.45) is 0 Å². The van der Waals surface area contributed by atoms with Crippen molar-refractivity contribution in [1.29, 1.82) is 0 Å². The smallest absolute Gasteiger partial charge is 0.159 e. The molecule has 156 valence electrons. The summed E-state index contributed by atoms with van der Waals surface area (Å²) in [4.78, 5) is 13.2. The molecule has 0 unspecified atom stereocenters. The van der Waals surface area contributed by atoms with Crippen molar-refractivity contribution in [3.8, 4) is 0 Å². The molecule has 0 amide bonds. The average Bonchev–Trinajstić information content (AvgIpc) is 2.74. The number of benzene rings is 2. The van der Waals surface area contributed by atoms with Gasteiger partial charge in [0.25, 0.3) is 0 Å². The summed E-state index contributed by atoms with van der Waals surface area (Å²) in [5.74, 6) is 0.696. The molecule has 3 aromatic rings. The van der Waals surface area contributed by atoms with Gasteiger partial charge in [-0.2, -0.15) is 0 Å². The molecular weight excluding hydrogens is 403 g/mol. The first kappa shape index (κ1) is 20.2. The first-order valence-corrected chi connectivity index (χ1v) is 10.2. The normalized spacial score (nSPS) is 14.1. The molecular formula is C22H24ClFN6. The van der Waals surface area contributed by atoms with Crippen LogP contribution in [0.2, 0.25) is 5.02 Å². The lowest BCUT2D eigenvalue weighted by Crippen LogP contribution is -2.47. The van der Waals surface area contributed by atoms with Gasteiger partial charge in [-0.25, -0.2) is 14.4 Å². The molecule has 1 saturated heterocycles. The molecule has 30 heavy (non-hydrogen) atoms. The molecule has 0 aliphatic carbocycles. The van der Waals surface area contributed by atoms with E-state index in [1.165, 1.54) is 35.3 Å². The van der Waals surface area contributed by atoms with Crippen LogP contribution in [0.3, 0.4) is 0 Å². The topological polar surface area (TPSA) is 70.3 Å². The second-order valence-corrected chi connectivity index (χ2v) is 7.81. The Morgan fingerprint density at radius 2 is 1.77 bits per heavy atom. The summed E-state index contributed by atoms with van der Waals surface area (Å²) in [7, 11) is 0. The highest BCUT2D eigenvalue weighted by Crippen LogP contribution is 2.31. The maximum atomic E-state index is 13.4. The number of aryl methyl sites for hydroxylation is 1. The zero-order chi connectivity index (χ0) is 21.3. The SMILES string of the molecule is Cc1cccc(N2CCN(c3ncnc(Nc4ccc(F)c(Cl)c4)c3N)CC2)c1C. The molecule has 4 rings (SSSR count). The molecule has 3 N–H and O–H groups in total. The lowest BCUT2D eigenvalue weighted by atomic mass is 10.1. The zero-order valence-corrected chi connectivity index (χ0v) is 17.7. The van der Waals surface area contributed by atoms with Gasteiger partial charge in [0.2, 0.25) is 0 Å². The summed E-state index contributed by atoms with van der Waals surface area (Å²) in [6, 6.07) is 10.8. The van der Waals surface area contributed by atoms with E-state index in [4.69, 9.17) is 17.3 Å². The number of piperazine rings is 1. The molecule has 2 heterocycles. The maximum Gasteiger partial charge on any atom is 0.159 e. The molecule has 0 bridgehead atoms. The second kappa shape index (κ2) is 8.36. The van der Waals surface area contributed by atoms with Gasteiger partial charge in [-0.3, -0.25) is 0 Å². The first-order chi connectivity index (χ1) is 14.4. The van der Waals surface area contributed by atoms with Gasteiger partial charge in [0.05, 0.1) is 5.02 Å². The van der Waals surface area contributed by atoms with Crippen LogP contribution in [0.4, 0.5) is 33.1 Å². The Hall–Kier alpha value is -3.06. The quantitative estimate of drug-likeness (QED) is 0.638. The molecule has 0 radical (unpaired) electrons. The highest BCUT2D eigenvalue weighted by Gasteiger charge is 2.22. The van der Waals surface area contributed by atoms with Crippen molar-refractivity contribution in [2.45, 2.75) is 13.8 Å². The van der Waals surface area contributed by atoms with Crippen molar-refractivity contribution in [3.05, 3.63) is 64.7 Å². The van der Waals surface area contributed by atoms with Gasteiger partial charge in [0.15, 0.2) is 11.6 Å².